The van der Waals surface area contributed by atoms with E-state index in [2.05, 4.69) is 0 Å². The van der Waals surface area contributed by atoms with Gasteiger partial charge in [-0.05, 0) is 0 Å². The second-order valence-electron chi connectivity index (χ2n) is 3.49. The molecule has 5 heteroatoms. The summed E-state index contributed by atoms with van der Waals surface area (Å²) in [6.07, 6.45) is 10.4. The van der Waals surface area contributed by atoms with Crippen molar-refractivity contribution in [3.63, 3.8) is 0 Å². The molecule has 0 aromatic carbocycles. The molecule has 0 heterocycles. The molecule has 2 aliphatic rings. The molecule has 0 saturated heterocycles. The summed E-state index contributed by atoms with van der Waals surface area (Å²) in [6.45, 7) is 0. The molecule has 0 aromatic rings. The van der Waals surface area contributed by atoms with E-state index in [1.54, 1.807) is 36.2 Å². The largest absolute Gasteiger partial charge is 2.00 e. The van der Waals surface area contributed by atoms with Gasteiger partial charge in [0.1, 0.15) is 11.9 Å². The van der Waals surface area contributed by atoms with Crippen LogP contribution >= 0.6 is 0 Å². The second-order valence-corrected chi connectivity index (χ2v) is 3.49. The van der Waals surface area contributed by atoms with Crippen LogP contribution in [0.4, 0.5) is 0 Å². The summed E-state index contributed by atoms with van der Waals surface area (Å²) in [5, 5.41) is 21.2. The van der Waals surface area contributed by atoms with E-state index in [1.807, 2.05) is 0 Å². The van der Waals surface area contributed by atoms with Crippen molar-refractivity contribution in [1.29, 1.82) is 0 Å². The quantitative estimate of drug-likeness (QED) is 0.462. The van der Waals surface area contributed by atoms with Gasteiger partial charge in [-0.15, -0.1) is 0 Å². The van der Waals surface area contributed by atoms with E-state index >= 15 is 0 Å². The van der Waals surface area contributed by atoms with Gasteiger partial charge < -0.3 is 10.2 Å². The zero-order chi connectivity index (χ0) is 13.4. The molecule has 0 amide bonds. The van der Waals surface area contributed by atoms with Crippen LogP contribution in [0.1, 0.15) is 12.8 Å². The zero-order valence-electron chi connectivity index (χ0n) is 9.83. The van der Waals surface area contributed by atoms with Gasteiger partial charge in [0.2, 0.25) is 0 Å². The van der Waals surface area contributed by atoms with Crippen LogP contribution in [0.5, 0.6) is 0 Å². The maximum Gasteiger partial charge on any atom is 2.00 e. The molecule has 100 valence electrons. The first kappa shape index (κ1) is 17.0. The van der Waals surface area contributed by atoms with Gasteiger partial charge in [0.25, 0.3) is 0 Å². The van der Waals surface area contributed by atoms with Gasteiger partial charge in [-0.1, -0.05) is 48.0 Å². The fourth-order valence-electron chi connectivity index (χ4n) is 1.27. The summed E-state index contributed by atoms with van der Waals surface area (Å²) >= 11 is 0. The van der Waals surface area contributed by atoms with Crippen LogP contribution in [0.15, 0.2) is 59.1 Å². The summed E-state index contributed by atoms with van der Waals surface area (Å²) in [7, 11) is 0. The van der Waals surface area contributed by atoms with E-state index in [0.29, 0.717) is 12.8 Å². The summed E-state index contributed by atoms with van der Waals surface area (Å²) in [5.41, 5.74) is 0.440. The minimum absolute atomic E-state index is 0. The second kappa shape index (κ2) is 8.96. The van der Waals surface area contributed by atoms with Gasteiger partial charge in [-0.25, -0.2) is 9.59 Å². The Balaban J connectivity index is 0.000000324. The van der Waals surface area contributed by atoms with E-state index in [4.69, 9.17) is 0 Å². The van der Waals surface area contributed by atoms with Crippen LogP contribution in [0.2, 0.25) is 0 Å². The molecular formula is C14H10NiO4. The Morgan fingerprint density at radius 2 is 1.21 bits per heavy atom. The van der Waals surface area contributed by atoms with E-state index in [9.17, 15) is 19.8 Å². The van der Waals surface area contributed by atoms with Crippen molar-refractivity contribution in [2.45, 2.75) is 12.8 Å². The molecule has 2 rings (SSSR count). The van der Waals surface area contributed by atoms with Gasteiger partial charge >= 0.3 is 16.5 Å². The molecule has 0 aromatic heterocycles. The third kappa shape index (κ3) is 5.41. The van der Waals surface area contributed by atoms with E-state index < -0.39 is 0 Å². The van der Waals surface area contributed by atoms with Gasteiger partial charge in [-0.3, -0.25) is 0 Å². The third-order valence-electron chi connectivity index (χ3n) is 2.25. The molecule has 0 saturated carbocycles. The van der Waals surface area contributed by atoms with Crippen molar-refractivity contribution >= 4 is 11.9 Å². The standard InChI is InChI=1S/2C7H6O2.Ni/c2*8-5-6-3-1-2-4-7(6)9;/h2*1-2,4,9H,3H2;/q;;+2/p-2. The van der Waals surface area contributed by atoms with Crippen LogP contribution in [-0.2, 0) is 26.1 Å². The third-order valence-corrected chi connectivity index (χ3v) is 2.25. The van der Waals surface area contributed by atoms with Gasteiger partial charge in [0, 0.05) is 24.0 Å². The monoisotopic (exact) mass is 300 g/mol. The summed E-state index contributed by atoms with van der Waals surface area (Å²) in [4.78, 5) is 19.9. The molecular weight excluding hydrogens is 291 g/mol. The summed E-state index contributed by atoms with van der Waals surface area (Å²) < 4.78 is 0. The SMILES string of the molecule is O=C=C1CC=CC=C1[O-].O=C=C1CC=CC=C1[O-].[Ni+2]. The first-order valence-electron chi connectivity index (χ1n) is 5.25. The smallest absolute Gasteiger partial charge is 0.872 e. The number of carbonyl (C=O) groups excluding carboxylic acids is 2. The van der Waals surface area contributed by atoms with E-state index in [0.717, 1.165) is 0 Å². The van der Waals surface area contributed by atoms with Crippen LogP contribution in [0, 0.1) is 0 Å². The van der Waals surface area contributed by atoms with Gasteiger partial charge in [0.05, 0.1) is 0 Å². The van der Waals surface area contributed by atoms with Crippen molar-refractivity contribution in [2.24, 2.45) is 0 Å². The predicted molar refractivity (Wildman–Crippen MR) is 62.1 cm³/mol. The topological polar surface area (TPSA) is 80.3 Å². The summed E-state index contributed by atoms with van der Waals surface area (Å²) in [5.74, 6) is 2.75. The average molecular weight is 301 g/mol. The van der Waals surface area contributed by atoms with Crippen molar-refractivity contribution in [3.8, 4) is 0 Å². The maximum atomic E-state index is 10.6. The minimum Gasteiger partial charge on any atom is -0.872 e. The summed E-state index contributed by atoms with van der Waals surface area (Å²) in [6, 6.07) is 0. The first-order valence-corrected chi connectivity index (χ1v) is 5.25. The van der Waals surface area contributed by atoms with Crippen LogP contribution < -0.4 is 10.2 Å². The Bertz CT molecular complexity index is 490. The number of allylic oxidation sites excluding steroid dienone is 8. The molecule has 0 N–H and O–H groups in total. The number of hydrogen-bond acceptors (Lipinski definition) is 4. The van der Waals surface area contributed by atoms with Crippen molar-refractivity contribution < 1.29 is 36.3 Å². The molecule has 19 heavy (non-hydrogen) atoms. The predicted octanol–water partition coefficient (Wildman–Crippen LogP) is -0.106. The molecule has 0 atom stereocenters. The van der Waals surface area contributed by atoms with Crippen molar-refractivity contribution in [2.75, 3.05) is 0 Å². The van der Waals surface area contributed by atoms with E-state index in [-0.39, 0.29) is 39.2 Å². The maximum absolute atomic E-state index is 10.6. The Labute approximate surface area is 120 Å². The van der Waals surface area contributed by atoms with E-state index in [1.165, 1.54) is 12.2 Å². The Kier molecular flexibility index (Phi) is 7.99. The Hall–Kier alpha value is -2.05. The van der Waals surface area contributed by atoms with Crippen LogP contribution in [-0.4, -0.2) is 11.9 Å². The van der Waals surface area contributed by atoms with Crippen molar-refractivity contribution in [1.82, 2.24) is 0 Å². The molecule has 0 aliphatic heterocycles. The van der Waals surface area contributed by atoms with Gasteiger partial charge in [0.15, 0.2) is 0 Å². The molecule has 0 spiro atoms. The molecule has 0 fully saturated rings. The average Bonchev–Trinajstić information content (AvgIpc) is 2.41. The molecule has 4 nitrogen and oxygen atoms in total. The fraction of sp³-hybridized carbons (Fsp3) is 0.143. The molecule has 0 bridgehead atoms. The van der Waals surface area contributed by atoms with Crippen LogP contribution in [0.25, 0.3) is 0 Å². The minimum atomic E-state index is -0.215. The molecule has 0 radical (unpaired) electrons. The van der Waals surface area contributed by atoms with Gasteiger partial charge in [-0.2, -0.15) is 0 Å². The van der Waals surface area contributed by atoms with Crippen molar-refractivity contribution in [3.05, 3.63) is 59.1 Å². The van der Waals surface area contributed by atoms with Crippen LogP contribution in [0.3, 0.4) is 0 Å². The normalized spacial score (nSPS) is 16.0. The zero-order valence-corrected chi connectivity index (χ0v) is 10.8. The Morgan fingerprint density at radius 1 is 0.842 bits per heavy atom. The Morgan fingerprint density at radius 3 is 1.42 bits per heavy atom. The number of hydrogen-bond donors (Lipinski definition) is 0. The molecule has 2 aliphatic carbocycles. The number of rotatable bonds is 0. The fourth-order valence-corrected chi connectivity index (χ4v) is 1.27. The first-order chi connectivity index (χ1) is 8.69. The molecule has 0 unspecified atom stereocenters.